The van der Waals surface area contributed by atoms with E-state index in [-0.39, 0.29) is 12.1 Å². The van der Waals surface area contributed by atoms with Crippen molar-refractivity contribution in [3.63, 3.8) is 0 Å². The van der Waals surface area contributed by atoms with Crippen LogP contribution in [-0.4, -0.2) is 27.2 Å². The zero-order valence-corrected chi connectivity index (χ0v) is 13.5. The van der Waals surface area contributed by atoms with Crippen molar-refractivity contribution in [2.75, 3.05) is 6.54 Å². The Hall–Kier alpha value is -1.60. The van der Waals surface area contributed by atoms with Gasteiger partial charge in [0, 0.05) is 13.1 Å². The molecule has 1 fully saturated rings. The van der Waals surface area contributed by atoms with Gasteiger partial charge in [-0.3, -0.25) is 0 Å². The van der Waals surface area contributed by atoms with Gasteiger partial charge in [0.05, 0.1) is 16.7 Å². The molecule has 4 nitrogen and oxygen atoms in total. The van der Waals surface area contributed by atoms with Gasteiger partial charge in [-0.25, -0.2) is 4.98 Å². The van der Waals surface area contributed by atoms with Gasteiger partial charge in [-0.15, -0.1) is 0 Å². The maximum absolute atomic E-state index is 13.1. The number of nitrogens with zero attached hydrogens (tertiary/aromatic N) is 1. The molecule has 0 radical (unpaired) electrons. The summed E-state index contributed by atoms with van der Waals surface area (Å²) in [6.07, 6.45) is -2.95. The van der Waals surface area contributed by atoms with Crippen LogP contribution in [0.3, 0.4) is 0 Å². The van der Waals surface area contributed by atoms with E-state index in [4.69, 9.17) is 0 Å². The highest BCUT2D eigenvalue weighted by Gasteiger charge is 2.39. The fraction of sp³-hybridized carbons (Fsp3) is 0.562. The van der Waals surface area contributed by atoms with Gasteiger partial charge in [-0.2, -0.15) is 13.2 Å². The number of benzene rings is 1. The van der Waals surface area contributed by atoms with Crippen LogP contribution < -0.4 is 5.32 Å². The zero-order valence-electron chi connectivity index (χ0n) is 13.5. The fourth-order valence-corrected chi connectivity index (χ4v) is 2.38. The zero-order chi connectivity index (χ0) is 17.3. The minimum Gasteiger partial charge on any atom is -0.389 e. The predicted octanol–water partition coefficient (Wildman–Crippen LogP) is 3.53. The van der Waals surface area contributed by atoms with Crippen LogP contribution in [0.4, 0.5) is 13.2 Å². The first kappa shape index (κ1) is 17.7. The first-order valence-electron chi connectivity index (χ1n) is 7.76. The van der Waals surface area contributed by atoms with E-state index in [1.54, 1.807) is 13.0 Å². The summed E-state index contributed by atoms with van der Waals surface area (Å²) in [6.45, 7) is 6.30. The van der Waals surface area contributed by atoms with E-state index in [1.807, 2.05) is 13.8 Å². The number of H-pyrrole nitrogens is 1. The molecule has 0 saturated heterocycles. The van der Waals surface area contributed by atoms with Gasteiger partial charge in [-0.1, -0.05) is 13.8 Å². The van der Waals surface area contributed by atoms with Crippen LogP contribution in [0, 0.1) is 6.92 Å². The van der Waals surface area contributed by atoms with E-state index >= 15 is 0 Å². The topological polar surface area (TPSA) is 60.9 Å². The monoisotopic (exact) mass is 329 g/mol. The van der Waals surface area contributed by atoms with Gasteiger partial charge in [-0.05, 0) is 37.5 Å². The number of fused-ring (bicyclic) bond motifs is 1. The number of rotatable bonds is 4. The third kappa shape index (κ3) is 4.23. The Morgan fingerprint density at radius 2 is 1.96 bits per heavy atom. The lowest BCUT2D eigenvalue weighted by Crippen LogP contribution is -2.27. The number of hydrogen-bond acceptors (Lipinski definition) is 3. The van der Waals surface area contributed by atoms with Gasteiger partial charge in [0.15, 0.2) is 0 Å². The highest BCUT2D eigenvalue weighted by Crippen LogP contribution is 2.36. The lowest BCUT2D eigenvalue weighted by molar-refractivity contribution is -0.136. The van der Waals surface area contributed by atoms with E-state index in [1.165, 1.54) is 0 Å². The number of aromatic amines is 1. The minimum atomic E-state index is -4.44. The highest BCUT2D eigenvalue weighted by molar-refractivity contribution is 5.80. The molecule has 3 N–H and O–H groups in total. The molecule has 1 aromatic heterocycles. The van der Waals surface area contributed by atoms with Crippen molar-refractivity contribution in [2.45, 2.75) is 51.9 Å². The van der Waals surface area contributed by atoms with E-state index < -0.39 is 17.3 Å². The molecule has 1 heterocycles. The van der Waals surface area contributed by atoms with Crippen LogP contribution in [0.5, 0.6) is 0 Å². The van der Waals surface area contributed by atoms with Crippen molar-refractivity contribution >= 4 is 11.0 Å². The third-order valence-corrected chi connectivity index (χ3v) is 3.68. The van der Waals surface area contributed by atoms with Crippen LogP contribution in [0.25, 0.3) is 11.0 Å². The molecule has 1 aliphatic carbocycles. The largest absolute Gasteiger partial charge is 0.418 e. The van der Waals surface area contributed by atoms with Gasteiger partial charge in [0.25, 0.3) is 0 Å². The molecule has 7 heteroatoms. The number of nitrogens with one attached hydrogen (secondary N) is 2. The molecule has 1 aromatic carbocycles. The number of aliphatic hydroxyl groups is 1. The predicted molar refractivity (Wildman–Crippen MR) is 83.1 cm³/mol. The number of halogens is 3. The SMILES string of the molecule is CC.Cc1nc2c(C(F)(F)F)cc(CNCC3(O)CC3)cc2[nH]1. The molecule has 23 heavy (non-hydrogen) atoms. The summed E-state index contributed by atoms with van der Waals surface area (Å²) in [4.78, 5) is 6.76. The molecule has 0 atom stereocenters. The summed E-state index contributed by atoms with van der Waals surface area (Å²) >= 11 is 0. The summed E-state index contributed by atoms with van der Waals surface area (Å²) in [7, 11) is 0. The highest BCUT2D eigenvalue weighted by atomic mass is 19.4. The Kier molecular flexibility index (Phi) is 5.01. The third-order valence-electron chi connectivity index (χ3n) is 3.68. The molecule has 1 saturated carbocycles. The number of imidazole rings is 1. The summed E-state index contributed by atoms with van der Waals surface area (Å²) in [5, 5.41) is 12.7. The maximum Gasteiger partial charge on any atom is 0.418 e. The quantitative estimate of drug-likeness (QED) is 0.804. The molecule has 128 valence electrons. The van der Waals surface area contributed by atoms with Crippen molar-refractivity contribution in [1.82, 2.24) is 15.3 Å². The van der Waals surface area contributed by atoms with E-state index in [0.29, 0.717) is 23.4 Å². The molecule has 1 aliphatic rings. The first-order chi connectivity index (χ1) is 10.8. The second-order valence-electron chi connectivity index (χ2n) is 5.69. The van der Waals surface area contributed by atoms with Crippen molar-refractivity contribution < 1.29 is 18.3 Å². The van der Waals surface area contributed by atoms with Crippen LogP contribution in [0.15, 0.2) is 12.1 Å². The molecular formula is C16H22F3N3O. The van der Waals surface area contributed by atoms with Crippen molar-refractivity contribution in [3.05, 3.63) is 29.1 Å². The number of aromatic nitrogens is 2. The van der Waals surface area contributed by atoms with Gasteiger partial charge in [0.2, 0.25) is 0 Å². The Labute approximate surface area is 133 Å². The summed E-state index contributed by atoms with van der Waals surface area (Å²) in [6, 6.07) is 2.78. The van der Waals surface area contributed by atoms with Crippen LogP contribution in [0.2, 0.25) is 0 Å². The van der Waals surface area contributed by atoms with Crippen molar-refractivity contribution in [2.24, 2.45) is 0 Å². The fourth-order valence-electron chi connectivity index (χ4n) is 2.38. The number of aryl methyl sites for hydroxylation is 1. The normalized spacial score (nSPS) is 16.1. The van der Waals surface area contributed by atoms with Gasteiger partial charge in [0.1, 0.15) is 11.3 Å². The second kappa shape index (κ2) is 6.49. The van der Waals surface area contributed by atoms with Crippen LogP contribution in [0.1, 0.15) is 43.6 Å². The van der Waals surface area contributed by atoms with E-state index in [0.717, 1.165) is 18.9 Å². The molecule has 0 bridgehead atoms. The summed E-state index contributed by atoms with van der Waals surface area (Å²) in [5.74, 6) is 0.452. The lowest BCUT2D eigenvalue weighted by atomic mass is 10.1. The van der Waals surface area contributed by atoms with Gasteiger partial charge >= 0.3 is 6.18 Å². The van der Waals surface area contributed by atoms with Crippen molar-refractivity contribution in [3.8, 4) is 0 Å². The average molecular weight is 329 g/mol. The Morgan fingerprint density at radius 3 is 2.52 bits per heavy atom. The molecule has 0 aliphatic heterocycles. The summed E-state index contributed by atoms with van der Waals surface area (Å²) < 4.78 is 39.3. The van der Waals surface area contributed by atoms with E-state index in [2.05, 4.69) is 15.3 Å². The molecule has 0 spiro atoms. The molecule has 0 unspecified atom stereocenters. The first-order valence-corrected chi connectivity index (χ1v) is 7.76. The van der Waals surface area contributed by atoms with E-state index in [9.17, 15) is 18.3 Å². The average Bonchev–Trinajstić information content (AvgIpc) is 3.08. The minimum absolute atomic E-state index is 0.0513. The molecule has 3 rings (SSSR count). The molecular weight excluding hydrogens is 307 g/mol. The Bertz CT molecular complexity index is 675. The van der Waals surface area contributed by atoms with Crippen LogP contribution >= 0.6 is 0 Å². The second-order valence-corrected chi connectivity index (χ2v) is 5.69. The van der Waals surface area contributed by atoms with Gasteiger partial charge < -0.3 is 15.4 Å². The molecule has 2 aromatic rings. The number of alkyl halides is 3. The van der Waals surface area contributed by atoms with Crippen LogP contribution in [-0.2, 0) is 12.7 Å². The van der Waals surface area contributed by atoms with Crippen molar-refractivity contribution in [1.29, 1.82) is 0 Å². The summed E-state index contributed by atoms with van der Waals surface area (Å²) in [5.41, 5.74) is -0.551. The smallest absolute Gasteiger partial charge is 0.389 e. The maximum atomic E-state index is 13.1. The lowest BCUT2D eigenvalue weighted by Gasteiger charge is -2.12. The number of hydrogen-bond donors (Lipinski definition) is 3. The Morgan fingerprint density at radius 1 is 1.30 bits per heavy atom. The standard InChI is InChI=1S/C14H16F3N3O.C2H6/c1-8-19-11-5-9(6-18-7-13(21)2-3-13)4-10(12(11)20-8)14(15,16)17;1-2/h4-5,18,21H,2-3,6-7H2,1H3,(H,19,20);1-2H3. The molecule has 0 amide bonds. The Balaban J connectivity index is 0.000000924.